The van der Waals surface area contributed by atoms with E-state index >= 15 is 0 Å². The van der Waals surface area contributed by atoms with Crippen molar-refractivity contribution in [2.75, 3.05) is 53.5 Å². The molecule has 0 aromatic heterocycles. The Morgan fingerprint density at radius 2 is 2.06 bits per heavy atom. The van der Waals surface area contributed by atoms with Crippen LogP contribution in [0.5, 0.6) is 0 Å². The summed E-state index contributed by atoms with van der Waals surface area (Å²) < 4.78 is 5.66. The van der Waals surface area contributed by atoms with Crippen molar-refractivity contribution in [3.8, 4) is 0 Å². The van der Waals surface area contributed by atoms with Crippen molar-refractivity contribution >= 4 is 0 Å². The third kappa shape index (κ3) is 5.82. The van der Waals surface area contributed by atoms with Crippen LogP contribution in [0.25, 0.3) is 0 Å². The van der Waals surface area contributed by atoms with Gasteiger partial charge < -0.3 is 15.0 Å². The molecule has 102 valence electrons. The van der Waals surface area contributed by atoms with Crippen molar-refractivity contribution in [2.24, 2.45) is 0 Å². The van der Waals surface area contributed by atoms with Crippen molar-refractivity contribution in [2.45, 2.75) is 32.4 Å². The molecule has 1 heterocycles. The molecule has 1 atom stereocenters. The van der Waals surface area contributed by atoms with E-state index in [4.69, 9.17) is 4.74 Å². The van der Waals surface area contributed by atoms with Gasteiger partial charge in [-0.3, -0.25) is 4.90 Å². The molecule has 1 aliphatic heterocycles. The number of piperazine rings is 1. The number of nitrogens with zero attached hydrogens (tertiary/aromatic N) is 2. The third-order valence-corrected chi connectivity index (χ3v) is 3.30. The molecule has 1 fully saturated rings. The Bertz CT molecular complexity index is 219. The number of likely N-dealkylation sites (N-methyl/N-ethyl adjacent to an activating group) is 1. The number of rotatable bonds is 6. The summed E-state index contributed by atoms with van der Waals surface area (Å²) in [4.78, 5) is 4.67. The molecule has 0 saturated carbocycles. The van der Waals surface area contributed by atoms with Crippen LogP contribution in [0, 0.1) is 0 Å². The van der Waals surface area contributed by atoms with E-state index in [-0.39, 0.29) is 5.54 Å². The molecule has 1 rings (SSSR count). The van der Waals surface area contributed by atoms with E-state index in [1.165, 1.54) is 0 Å². The molecular weight excluding hydrogens is 214 g/mol. The normalized spacial score (nSPS) is 25.4. The van der Waals surface area contributed by atoms with Gasteiger partial charge in [0.25, 0.3) is 0 Å². The van der Waals surface area contributed by atoms with Gasteiger partial charge in [-0.25, -0.2) is 0 Å². The quantitative estimate of drug-likeness (QED) is 0.693. The van der Waals surface area contributed by atoms with Crippen LogP contribution in [-0.2, 0) is 4.74 Å². The average molecular weight is 243 g/mol. The van der Waals surface area contributed by atoms with Gasteiger partial charge in [-0.2, -0.15) is 0 Å². The number of nitrogens with one attached hydrogen (secondary N) is 1. The summed E-state index contributed by atoms with van der Waals surface area (Å²) in [5, 5.41) is 3.57. The number of hydrogen-bond donors (Lipinski definition) is 1. The van der Waals surface area contributed by atoms with Crippen LogP contribution in [0.3, 0.4) is 0 Å². The topological polar surface area (TPSA) is 27.7 Å². The third-order valence-electron chi connectivity index (χ3n) is 3.30. The van der Waals surface area contributed by atoms with Crippen LogP contribution < -0.4 is 5.32 Å². The molecule has 17 heavy (non-hydrogen) atoms. The Morgan fingerprint density at radius 1 is 1.35 bits per heavy atom. The lowest BCUT2D eigenvalue weighted by Gasteiger charge is -2.43. The standard InChI is InChI=1S/C13H29N3O/c1-12-10-14-13(2,3)11-16(12)7-9-17-8-6-15(4)5/h12,14H,6-11H2,1-5H3. The maximum atomic E-state index is 5.66. The number of hydrogen-bond acceptors (Lipinski definition) is 4. The molecule has 0 aromatic carbocycles. The minimum absolute atomic E-state index is 0.232. The van der Waals surface area contributed by atoms with Crippen LogP contribution in [0.15, 0.2) is 0 Å². The van der Waals surface area contributed by atoms with Crippen LogP contribution in [-0.4, -0.2) is 74.9 Å². The van der Waals surface area contributed by atoms with Gasteiger partial charge in [-0.15, -0.1) is 0 Å². The maximum Gasteiger partial charge on any atom is 0.0594 e. The molecule has 4 heteroatoms. The van der Waals surface area contributed by atoms with Crippen molar-refractivity contribution in [3.63, 3.8) is 0 Å². The second kappa shape index (κ2) is 6.69. The monoisotopic (exact) mass is 243 g/mol. The van der Waals surface area contributed by atoms with E-state index in [0.29, 0.717) is 6.04 Å². The fourth-order valence-electron chi connectivity index (χ4n) is 2.10. The van der Waals surface area contributed by atoms with Gasteiger partial charge >= 0.3 is 0 Å². The summed E-state index contributed by atoms with van der Waals surface area (Å²) in [6, 6.07) is 0.612. The zero-order valence-electron chi connectivity index (χ0n) is 12.1. The van der Waals surface area contributed by atoms with Crippen molar-refractivity contribution in [3.05, 3.63) is 0 Å². The first-order valence-corrected chi connectivity index (χ1v) is 6.62. The zero-order chi connectivity index (χ0) is 12.9. The highest BCUT2D eigenvalue weighted by Crippen LogP contribution is 2.14. The molecule has 0 radical (unpaired) electrons. The van der Waals surface area contributed by atoms with Crippen LogP contribution >= 0.6 is 0 Å². The molecule has 0 bridgehead atoms. The fourth-order valence-corrected chi connectivity index (χ4v) is 2.10. The minimum atomic E-state index is 0.232. The summed E-state index contributed by atoms with van der Waals surface area (Å²) in [5.74, 6) is 0. The Hall–Kier alpha value is -0.160. The molecule has 4 nitrogen and oxygen atoms in total. The van der Waals surface area contributed by atoms with E-state index < -0.39 is 0 Å². The van der Waals surface area contributed by atoms with Gasteiger partial charge in [0.15, 0.2) is 0 Å². The molecule has 1 saturated heterocycles. The number of ether oxygens (including phenoxy) is 1. The Kier molecular flexibility index (Phi) is 5.86. The predicted octanol–water partition coefficient (Wildman–Crippen LogP) is 0.637. The van der Waals surface area contributed by atoms with Crippen molar-refractivity contribution in [1.82, 2.24) is 15.1 Å². The van der Waals surface area contributed by atoms with Crippen LogP contribution in [0.2, 0.25) is 0 Å². The molecule has 0 amide bonds. The summed E-state index contributed by atoms with van der Waals surface area (Å²) >= 11 is 0. The average Bonchev–Trinajstić information content (AvgIpc) is 2.22. The van der Waals surface area contributed by atoms with E-state index in [1.807, 2.05) is 0 Å². The maximum absolute atomic E-state index is 5.66. The van der Waals surface area contributed by atoms with Crippen molar-refractivity contribution in [1.29, 1.82) is 0 Å². The Morgan fingerprint density at radius 3 is 2.71 bits per heavy atom. The van der Waals surface area contributed by atoms with Gasteiger partial charge in [0.2, 0.25) is 0 Å². The van der Waals surface area contributed by atoms with E-state index in [0.717, 1.165) is 39.4 Å². The molecular formula is C13H29N3O. The van der Waals surface area contributed by atoms with E-state index in [9.17, 15) is 0 Å². The van der Waals surface area contributed by atoms with Gasteiger partial charge in [-0.1, -0.05) is 0 Å². The minimum Gasteiger partial charge on any atom is -0.379 e. The Labute approximate surface area is 106 Å². The highest BCUT2D eigenvalue weighted by molar-refractivity contribution is 4.90. The Balaban J connectivity index is 2.16. The van der Waals surface area contributed by atoms with Gasteiger partial charge in [-0.05, 0) is 34.9 Å². The molecule has 0 spiro atoms. The first-order chi connectivity index (χ1) is 7.91. The molecule has 1 unspecified atom stereocenters. The lowest BCUT2D eigenvalue weighted by atomic mass is 9.99. The first-order valence-electron chi connectivity index (χ1n) is 6.62. The molecule has 0 aromatic rings. The second-order valence-corrected chi connectivity index (χ2v) is 6.00. The zero-order valence-corrected chi connectivity index (χ0v) is 12.1. The molecule has 1 N–H and O–H groups in total. The van der Waals surface area contributed by atoms with Crippen LogP contribution in [0.4, 0.5) is 0 Å². The lowest BCUT2D eigenvalue weighted by molar-refractivity contribution is 0.0507. The van der Waals surface area contributed by atoms with Gasteiger partial charge in [0, 0.05) is 37.8 Å². The lowest BCUT2D eigenvalue weighted by Crippen LogP contribution is -2.61. The van der Waals surface area contributed by atoms with Gasteiger partial charge in [0.1, 0.15) is 0 Å². The van der Waals surface area contributed by atoms with E-state index in [2.05, 4.69) is 50.0 Å². The summed E-state index contributed by atoms with van der Waals surface area (Å²) in [6.07, 6.45) is 0. The van der Waals surface area contributed by atoms with Crippen molar-refractivity contribution < 1.29 is 4.74 Å². The summed E-state index contributed by atoms with van der Waals surface area (Å²) in [6.45, 7) is 12.7. The fraction of sp³-hybridized carbons (Fsp3) is 1.00. The van der Waals surface area contributed by atoms with Gasteiger partial charge in [0.05, 0.1) is 13.2 Å². The summed E-state index contributed by atoms with van der Waals surface area (Å²) in [5.41, 5.74) is 0.232. The highest BCUT2D eigenvalue weighted by atomic mass is 16.5. The first kappa shape index (κ1) is 14.9. The molecule has 1 aliphatic rings. The highest BCUT2D eigenvalue weighted by Gasteiger charge is 2.29. The van der Waals surface area contributed by atoms with E-state index in [1.54, 1.807) is 0 Å². The summed E-state index contributed by atoms with van der Waals surface area (Å²) in [7, 11) is 4.15. The van der Waals surface area contributed by atoms with Crippen LogP contribution in [0.1, 0.15) is 20.8 Å². The smallest absolute Gasteiger partial charge is 0.0594 e. The second-order valence-electron chi connectivity index (χ2n) is 6.00. The predicted molar refractivity (Wildman–Crippen MR) is 72.5 cm³/mol. The largest absolute Gasteiger partial charge is 0.379 e. The molecule has 0 aliphatic carbocycles. The SMILES string of the molecule is CC1CNC(C)(C)CN1CCOCCN(C)C.